The molecule has 0 radical (unpaired) electrons. The third-order valence-corrected chi connectivity index (χ3v) is 10.5. The summed E-state index contributed by atoms with van der Waals surface area (Å²) in [6, 6.07) is 9.90. The van der Waals surface area contributed by atoms with E-state index in [4.69, 9.17) is 9.47 Å². The van der Waals surface area contributed by atoms with Gasteiger partial charge in [0.1, 0.15) is 12.2 Å². The number of hydrogen-bond donors (Lipinski definition) is 1. The Bertz CT molecular complexity index is 1030. The average Bonchev–Trinajstić information content (AvgIpc) is 2.95. The zero-order chi connectivity index (χ0) is 23.1. The summed E-state index contributed by atoms with van der Waals surface area (Å²) >= 11 is 0. The highest BCUT2D eigenvalue weighted by Gasteiger charge is 2.78. The Morgan fingerprint density at radius 2 is 1.79 bits per heavy atom. The van der Waals surface area contributed by atoms with Crippen LogP contribution >= 0.6 is 0 Å². The Labute approximate surface area is 195 Å². The number of Topliss-reactive ketones (excluding diaryl/α,β-unsaturated/α-hetero) is 1. The van der Waals surface area contributed by atoms with Crippen molar-refractivity contribution in [1.82, 2.24) is 0 Å². The second-order valence-electron chi connectivity index (χ2n) is 11.5. The second-order valence-corrected chi connectivity index (χ2v) is 11.5. The molecule has 1 heterocycles. The van der Waals surface area contributed by atoms with E-state index < -0.39 is 29.5 Å². The van der Waals surface area contributed by atoms with Crippen molar-refractivity contribution in [2.45, 2.75) is 82.7 Å². The maximum Gasteiger partial charge on any atom is 0.190 e. The largest absolute Gasteiger partial charge is 0.388 e. The van der Waals surface area contributed by atoms with Crippen LogP contribution in [0.15, 0.2) is 42.0 Å². The fourth-order valence-corrected chi connectivity index (χ4v) is 8.75. The van der Waals surface area contributed by atoms with Crippen molar-refractivity contribution in [1.29, 1.82) is 0 Å². The molecule has 1 aliphatic heterocycles. The van der Waals surface area contributed by atoms with E-state index in [2.05, 4.69) is 13.8 Å². The minimum Gasteiger partial charge on any atom is -0.388 e. The quantitative estimate of drug-likeness (QED) is 0.724. The number of ketones is 2. The fourth-order valence-electron chi connectivity index (χ4n) is 8.75. The molecule has 0 amide bonds. The van der Waals surface area contributed by atoms with E-state index in [-0.39, 0.29) is 17.0 Å². The van der Waals surface area contributed by atoms with Crippen molar-refractivity contribution in [2.75, 3.05) is 6.61 Å². The van der Waals surface area contributed by atoms with Crippen LogP contribution in [0.4, 0.5) is 0 Å². The van der Waals surface area contributed by atoms with E-state index in [1.54, 1.807) is 0 Å². The molecule has 6 rings (SSSR count). The summed E-state index contributed by atoms with van der Waals surface area (Å²) in [5, 5.41) is 10.0. The zero-order valence-corrected chi connectivity index (χ0v) is 19.6. The predicted octanol–water partition coefficient (Wildman–Crippen LogP) is 4.69. The smallest absolute Gasteiger partial charge is 0.190 e. The lowest BCUT2D eigenvalue weighted by atomic mass is 9.44. The molecule has 1 N–H and O–H groups in total. The van der Waals surface area contributed by atoms with Crippen molar-refractivity contribution >= 4 is 11.6 Å². The third kappa shape index (κ3) is 2.59. The van der Waals surface area contributed by atoms with Crippen molar-refractivity contribution < 1.29 is 24.2 Å². The number of aliphatic hydroxyl groups is 1. The van der Waals surface area contributed by atoms with Gasteiger partial charge >= 0.3 is 0 Å². The summed E-state index contributed by atoms with van der Waals surface area (Å²) in [5.74, 6) is 0.781. The summed E-state index contributed by atoms with van der Waals surface area (Å²) < 4.78 is 13.7. The molecule has 1 saturated heterocycles. The number of allylic oxidation sites excluding steroid dienone is 1. The number of hydrogen-bond acceptors (Lipinski definition) is 5. The molecule has 7 atom stereocenters. The lowest BCUT2D eigenvalue weighted by Gasteiger charge is -2.66. The summed E-state index contributed by atoms with van der Waals surface area (Å²) in [5.41, 5.74) is 0.282. The number of aliphatic hydroxyl groups excluding tert-OH is 1. The minimum absolute atomic E-state index is 0.0169. The highest BCUT2D eigenvalue weighted by Crippen LogP contribution is 2.74. The third-order valence-electron chi connectivity index (χ3n) is 10.5. The lowest BCUT2D eigenvalue weighted by Crippen LogP contribution is -2.70. The first-order valence-corrected chi connectivity index (χ1v) is 12.6. The first-order valence-electron chi connectivity index (χ1n) is 12.6. The number of rotatable bonds is 3. The van der Waals surface area contributed by atoms with E-state index >= 15 is 0 Å². The van der Waals surface area contributed by atoms with Gasteiger partial charge in [0.25, 0.3) is 0 Å². The lowest BCUT2D eigenvalue weighted by molar-refractivity contribution is -0.373. The van der Waals surface area contributed by atoms with Gasteiger partial charge in [0.05, 0.1) is 5.60 Å². The normalized spacial score (nSPS) is 46.1. The molecule has 5 aliphatic rings. The fraction of sp³-hybridized carbons (Fsp3) is 0.643. The van der Waals surface area contributed by atoms with E-state index in [1.807, 2.05) is 36.4 Å². The SMILES string of the molecule is C[C@]12CC[C@H]3[C@@H](CCC4=CC(=O)CC[C@@]43C)[C@]13CC[C@]2(C(=O)CO)OC(c1ccccc1)O3. The molecule has 1 aromatic carbocycles. The van der Waals surface area contributed by atoms with Gasteiger partial charge in [-0.25, -0.2) is 0 Å². The topological polar surface area (TPSA) is 72.8 Å². The van der Waals surface area contributed by atoms with Crippen LogP contribution in [-0.2, 0) is 19.1 Å². The molecule has 2 bridgehead atoms. The van der Waals surface area contributed by atoms with Crippen LogP contribution in [0, 0.1) is 22.7 Å². The number of carbonyl (C=O) groups excluding carboxylic acids is 2. The zero-order valence-electron chi connectivity index (χ0n) is 19.6. The number of ether oxygens (including phenoxy) is 2. The van der Waals surface area contributed by atoms with E-state index in [0.29, 0.717) is 24.7 Å². The van der Waals surface area contributed by atoms with Crippen molar-refractivity contribution in [3.8, 4) is 0 Å². The first-order chi connectivity index (χ1) is 15.8. The Balaban J connectivity index is 1.48. The number of carbonyl (C=O) groups is 2. The highest BCUT2D eigenvalue weighted by atomic mass is 16.7. The molecule has 0 spiro atoms. The van der Waals surface area contributed by atoms with Crippen LogP contribution in [0.3, 0.4) is 0 Å². The van der Waals surface area contributed by atoms with Crippen LogP contribution in [0.5, 0.6) is 0 Å². The number of benzene rings is 1. The van der Waals surface area contributed by atoms with Gasteiger partial charge in [-0.05, 0) is 68.3 Å². The van der Waals surface area contributed by atoms with E-state index in [9.17, 15) is 14.7 Å². The predicted molar refractivity (Wildman–Crippen MR) is 122 cm³/mol. The van der Waals surface area contributed by atoms with Gasteiger partial charge in [0.15, 0.2) is 17.9 Å². The van der Waals surface area contributed by atoms with E-state index in [0.717, 1.165) is 44.1 Å². The van der Waals surface area contributed by atoms with Crippen LogP contribution < -0.4 is 0 Å². The molecule has 4 fully saturated rings. The molecular weight excluding hydrogens is 416 g/mol. The Hall–Kier alpha value is -1.82. The standard InChI is InChI=1S/C28H34O5/c1-25-12-10-20(30)16-19(25)8-9-22-21(25)11-13-26(2)27(22)14-15-28(26,23(31)17-29)33-24(32-27)18-6-4-3-5-7-18/h3-7,16,21-22,24,29H,8-15,17H2,1-2H3/t21-,22+,24?,25-,26-,27+,28+/m0/s1. The molecule has 176 valence electrons. The molecule has 33 heavy (non-hydrogen) atoms. The molecule has 4 aliphatic carbocycles. The van der Waals surface area contributed by atoms with Crippen molar-refractivity contribution in [3.63, 3.8) is 0 Å². The maximum atomic E-state index is 13.4. The molecule has 1 aromatic rings. The van der Waals surface area contributed by atoms with Gasteiger partial charge < -0.3 is 14.6 Å². The van der Waals surface area contributed by atoms with Crippen LogP contribution in [-0.4, -0.2) is 34.5 Å². The molecule has 5 nitrogen and oxygen atoms in total. The van der Waals surface area contributed by atoms with Crippen LogP contribution in [0.25, 0.3) is 0 Å². The molecule has 1 unspecified atom stereocenters. The van der Waals surface area contributed by atoms with Gasteiger partial charge in [-0.3, -0.25) is 9.59 Å². The molecule has 5 heteroatoms. The molecular formula is C28H34O5. The average molecular weight is 451 g/mol. The Kier molecular flexibility index (Phi) is 4.66. The summed E-state index contributed by atoms with van der Waals surface area (Å²) in [7, 11) is 0. The number of fused-ring (bicyclic) bond motifs is 3. The molecule has 3 saturated carbocycles. The maximum absolute atomic E-state index is 13.4. The highest BCUT2D eigenvalue weighted by molar-refractivity contribution is 5.92. The van der Waals surface area contributed by atoms with Crippen molar-refractivity contribution in [2.24, 2.45) is 22.7 Å². The summed E-state index contributed by atoms with van der Waals surface area (Å²) in [6.07, 6.45) is 7.92. The molecule has 0 aromatic heterocycles. The van der Waals surface area contributed by atoms with Crippen molar-refractivity contribution in [3.05, 3.63) is 47.5 Å². The first kappa shape index (κ1) is 21.7. The van der Waals surface area contributed by atoms with Crippen LogP contribution in [0.1, 0.15) is 77.1 Å². The monoisotopic (exact) mass is 450 g/mol. The van der Waals surface area contributed by atoms with Gasteiger partial charge in [0.2, 0.25) is 0 Å². The summed E-state index contributed by atoms with van der Waals surface area (Å²) in [4.78, 5) is 25.6. The minimum atomic E-state index is -1.02. The Morgan fingerprint density at radius 1 is 1.00 bits per heavy atom. The van der Waals surface area contributed by atoms with Gasteiger partial charge in [-0.2, -0.15) is 0 Å². The summed E-state index contributed by atoms with van der Waals surface area (Å²) in [6.45, 7) is 4.04. The second kappa shape index (κ2) is 7.10. The van der Waals surface area contributed by atoms with Crippen LogP contribution in [0.2, 0.25) is 0 Å². The van der Waals surface area contributed by atoms with Gasteiger partial charge in [0, 0.05) is 17.4 Å². The van der Waals surface area contributed by atoms with Gasteiger partial charge in [-0.15, -0.1) is 0 Å². The van der Waals surface area contributed by atoms with E-state index in [1.165, 1.54) is 5.57 Å². The Morgan fingerprint density at radius 3 is 2.55 bits per heavy atom. The van der Waals surface area contributed by atoms with Gasteiger partial charge in [-0.1, -0.05) is 49.8 Å².